The van der Waals surface area contributed by atoms with Crippen LogP contribution in [0.2, 0.25) is 10.0 Å². The van der Waals surface area contributed by atoms with Crippen molar-refractivity contribution < 1.29 is 38.1 Å². The minimum atomic E-state index is -0.794. The summed E-state index contributed by atoms with van der Waals surface area (Å²) in [5.41, 5.74) is 4.82. The van der Waals surface area contributed by atoms with E-state index in [-0.39, 0.29) is 30.3 Å². The molecule has 47 heavy (non-hydrogen) atoms. The average molecular weight is 750 g/mol. The van der Waals surface area contributed by atoms with E-state index in [1.807, 2.05) is 0 Å². The molecule has 1 aliphatic heterocycles. The first-order valence-corrected chi connectivity index (χ1v) is 15.6. The molecule has 3 aromatic rings. The number of methoxy groups -OCH3 is 2. The number of hydrogen-bond donors (Lipinski definition) is 3. The fourth-order valence-corrected chi connectivity index (χ4v) is 5.45. The van der Waals surface area contributed by atoms with Gasteiger partial charge in [0, 0.05) is 31.3 Å². The number of allylic oxidation sites excluding steroid dienone is 1. The smallest absolute Gasteiger partial charge is 0.338 e. The zero-order valence-electron chi connectivity index (χ0n) is 25.7. The van der Waals surface area contributed by atoms with Crippen LogP contribution >= 0.6 is 39.1 Å². The highest BCUT2D eigenvalue weighted by molar-refractivity contribution is 9.10. The van der Waals surface area contributed by atoms with Crippen molar-refractivity contribution in [1.82, 2.24) is 16.1 Å². The van der Waals surface area contributed by atoms with Gasteiger partial charge in [-0.3, -0.25) is 4.79 Å². The molecule has 1 atom stereocenters. The van der Waals surface area contributed by atoms with E-state index in [0.29, 0.717) is 48.4 Å². The van der Waals surface area contributed by atoms with E-state index in [2.05, 4.69) is 37.1 Å². The van der Waals surface area contributed by atoms with Crippen LogP contribution < -0.4 is 35.0 Å². The van der Waals surface area contributed by atoms with Gasteiger partial charge < -0.3 is 34.3 Å². The van der Waals surface area contributed by atoms with Crippen LogP contribution in [0.5, 0.6) is 23.0 Å². The lowest BCUT2D eigenvalue weighted by Crippen LogP contribution is -2.45. The van der Waals surface area contributed by atoms with Crippen LogP contribution in [0.4, 0.5) is 4.79 Å². The number of rotatable bonds is 13. The standard InChI is InChI=1S/C32H31BrCl2N4O8/c1-5-45-31(41)28-17(2)37-32(42)38-29(28)18-7-9-24(25(11-18)43-3)46-16-27(40)39-36-14-20-10-21(33)12-26(44-4)30(20)47-15-19-6-8-22(34)13-23(19)35/h6-14,29H,5,15-16H2,1-4H3,(H,39,40)(H2,37,38,42)/b36-14+/t29-/m0/s1. The summed E-state index contributed by atoms with van der Waals surface area (Å²) in [6, 6.07) is 12.1. The van der Waals surface area contributed by atoms with Gasteiger partial charge in [0.1, 0.15) is 6.61 Å². The summed E-state index contributed by atoms with van der Waals surface area (Å²) in [7, 11) is 2.93. The zero-order valence-corrected chi connectivity index (χ0v) is 28.8. The van der Waals surface area contributed by atoms with Gasteiger partial charge in [0.15, 0.2) is 29.6 Å². The van der Waals surface area contributed by atoms with Gasteiger partial charge in [0.25, 0.3) is 5.91 Å². The molecule has 248 valence electrons. The van der Waals surface area contributed by atoms with Crippen LogP contribution in [0.25, 0.3) is 0 Å². The van der Waals surface area contributed by atoms with Gasteiger partial charge in [-0.2, -0.15) is 5.10 Å². The van der Waals surface area contributed by atoms with Crippen LogP contribution in [-0.2, 0) is 20.9 Å². The number of amides is 3. The van der Waals surface area contributed by atoms with Crippen LogP contribution in [0.15, 0.2) is 69.4 Å². The van der Waals surface area contributed by atoms with E-state index in [1.54, 1.807) is 62.4 Å². The molecule has 1 heterocycles. The van der Waals surface area contributed by atoms with E-state index < -0.39 is 30.6 Å². The minimum absolute atomic E-state index is 0.125. The molecule has 0 radical (unpaired) electrons. The predicted molar refractivity (Wildman–Crippen MR) is 179 cm³/mol. The van der Waals surface area contributed by atoms with E-state index in [4.69, 9.17) is 46.9 Å². The fraction of sp³-hybridized carbons (Fsp3) is 0.250. The Balaban J connectivity index is 1.43. The molecule has 0 saturated heterocycles. The van der Waals surface area contributed by atoms with Crippen LogP contribution in [-0.4, -0.2) is 51.6 Å². The predicted octanol–water partition coefficient (Wildman–Crippen LogP) is 6.07. The van der Waals surface area contributed by atoms with Gasteiger partial charge in [-0.15, -0.1) is 0 Å². The maximum atomic E-state index is 12.6. The first-order valence-electron chi connectivity index (χ1n) is 14.1. The SMILES string of the molecule is CCOC(=O)C1=C(C)NC(=O)N[C@H]1c1ccc(OCC(=O)N/N=C/c2cc(Br)cc(OC)c2OCc2ccc(Cl)cc2Cl)c(OC)c1. The summed E-state index contributed by atoms with van der Waals surface area (Å²) in [5.74, 6) is 0.212. The van der Waals surface area contributed by atoms with Gasteiger partial charge in [0.05, 0.1) is 38.7 Å². The number of carbonyl (C=O) groups is 3. The Bertz CT molecular complexity index is 1730. The molecule has 0 fully saturated rings. The number of hydrogen-bond acceptors (Lipinski definition) is 9. The molecule has 4 rings (SSSR count). The van der Waals surface area contributed by atoms with Crippen molar-refractivity contribution >= 4 is 63.3 Å². The maximum absolute atomic E-state index is 12.6. The molecule has 3 amide bonds. The first-order chi connectivity index (χ1) is 22.5. The Morgan fingerprint density at radius 1 is 1.02 bits per heavy atom. The third-order valence-corrected chi connectivity index (χ3v) is 7.74. The summed E-state index contributed by atoms with van der Waals surface area (Å²) in [6.07, 6.45) is 1.41. The van der Waals surface area contributed by atoms with E-state index in [9.17, 15) is 14.4 Å². The number of nitrogens with zero attached hydrogens (tertiary/aromatic N) is 1. The van der Waals surface area contributed by atoms with Gasteiger partial charge in [-0.25, -0.2) is 15.0 Å². The Morgan fingerprint density at radius 2 is 1.79 bits per heavy atom. The number of halogens is 3. The molecule has 15 heteroatoms. The number of carbonyl (C=O) groups excluding carboxylic acids is 3. The summed E-state index contributed by atoms with van der Waals surface area (Å²) in [5, 5.41) is 10.3. The summed E-state index contributed by atoms with van der Waals surface area (Å²) in [6.45, 7) is 3.21. The highest BCUT2D eigenvalue weighted by Crippen LogP contribution is 2.36. The molecule has 0 spiro atoms. The topological polar surface area (TPSA) is 146 Å². The summed E-state index contributed by atoms with van der Waals surface area (Å²) in [4.78, 5) is 37.5. The second-order valence-electron chi connectivity index (χ2n) is 9.83. The van der Waals surface area contributed by atoms with Crippen molar-refractivity contribution in [2.24, 2.45) is 5.10 Å². The lowest BCUT2D eigenvalue weighted by Gasteiger charge is -2.28. The molecule has 1 aliphatic rings. The Kier molecular flexibility index (Phi) is 12.3. The van der Waals surface area contributed by atoms with Crippen LogP contribution in [0, 0.1) is 0 Å². The van der Waals surface area contributed by atoms with Crippen molar-refractivity contribution in [3.05, 3.63) is 91.0 Å². The van der Waals surface area contributed by atoms with Crippen molar-refractivity contribution in [2.45, 2.75) is 26.5 Å². The molecule has 0 aromatic heterocycles. The van der Waals surface area contributed by atoms with E-state index >= 15 is 0 Å². The first kappa shape index (κ1) is 35.4. The van der Waals surface area contributed by atoms with Crippen molar-refractivity contribution in [3.63, 3.8) is 0 Å². The number of benzene rings is 3. The highest BCUT2D eigenvalue weighted by atomic mass is 79.9. The Hall–Kier alpha value is -4.46. The highest BCUT2D eigenvalue weighted by Gasteiger charge is 2.32. The van der Waals surface area contributed by atoms with Gasteiger partial charge in [0.2, 0.25) is 0 Å². The van der Waals surface area contributed by atoms with Gasteiger partial charge in [-0.1, -0.05) is 51.3 Å². The van der Waals surface area contributed by atoms with Gasteiger partial charge in [-0.05, 0) is 55.8 Å². The van der Waals surface area contributed by atoms with Crippen LogP contribution in [0.1, 0.15) is 36.6 Å². The van der Waals surface area contributed by atoms with Gasteiger partial charge >= 0.3 is 12.0 Å². The Morgan fingerprint density at radius 3 is 2.49 bits per heavy atom. The van der Waals surface area contributed by atoms with Crippen molar-refractivity contribution in [2.75, 3.05) is 27.4 Å². The summed E-state index contributed by atoms with van der Waals surface area (Å²) >= 11 is 15.7. The van der Waals surface area contributed by atoms with E-state index in [0.717, 1.165) is 0 Å². The molecule has 12 nitrogen and oxygen atoms in total. The number of ether oxygens (including phenoxy) is 5. The van der Waals surface area contributed by atoms with Crippen molar-refractivity contribution in [1.29, 1.82) is 0 Å². The maximum Gasteiger partial charge on any atom is 0.338 e. The normalized spacial score (nSPS) is 14.3. The van der Waals surface area contributed by atoms with Crippen LogP contribution in [0.3, 0.4) is 0 Å². The average Bonchev–Trinajstić information content (AvgIpc) is 3.03. The molecule has 0 bridgehead atoms. The molecule has 3 aromatic carbocycles. The molecule has 0 saturated carbocycles. The Labute approximate surface area is 289 Å². The zero-order chi connectivity index (χ0) is 34.1. The molecular formula is C32H31BrCl2N4O8. The number of nitrogens with one attached hydrogen (secondary N) is 3. The number of esters is 1. The second-order valence-corrected chi connectivity index (χ2v) is 11.6. The molecular weight excluding hydrogens is 719 g/mol. The number of hydrazone groups is 1. The van der Waals surface area contributed by atoms with Crippen molar-refractivity contribution in [3.8, 4) is 23.0 Å². The largest absolute Gasteiger partial charge is 0.493 e. The number of urea groups is 1. The van der Waals surface area contributed by atoms with E-state index in [1.165, 1.54) is 20.4 Å². The molecule has 0 unspecified atom stereocenters. The quantitative estimate of drug-likeness (QED) is 0.109. The lowest BCUT2D eigenvalue weighted by atomic mass is 9.95. The second kappa shape index (κ2) is 16.4. The monoisotopic (exact) mass is 748 g/mol. The minimum Gasteiger partial charge on any atom is -0.493 e. The fourth-order valence-electron chi connectivity index (χ4n) is 4.54. The molecule has 3 N–H and O–H groups in total. The lowest BCUT2D eigenvalue weighted by molar-refractivity contribution is -0.139. The molecule has 0 aliphatic carbocycles. The summed E-state index contributed by atoms with van der Waals surface area (Å²) < 4.78 is 28.6. The third-order valence-electron chi connectivity index (χ3n) is 6.69. The third kappa shape index (κ3) is 9.09.